The van der Waals surface area contributed by atoms with E-state index in [-0.39, 0.29) is 0 Å². The number of aromatic nitrogens is 1. The highest BCUT2D eigenvalue weighted by molar-refractivity contribution is 5.84. The first-order valence-electron chi connectivity index (χ1n) is 7.74. The molecule has 4 nitrogen and oxygen atoms in total. The second-order valence-corrected chi connectivity index (χ2v) is 5.83. The molecule has 0 saturated carbocycles. The first-order valence-corrected chi connectivity index (χ1v) is 7.74. The highest BCUT2D eigenvalue weighted by atomic mass is 15.2. The lowest BCUT2D eigenvalue weighted by Crippen LogP contribution is -2.29. The highest BCUT2D eigenvalue weighted by Crippen LogP contribution is 2.23. The van der Waals surface area contributed by atoms with Gasteiger partial charge in [0.15, 0.2) is 0 Å². The number of rotatable bonds is 3. The number of para-hydroxylation sites is 1. The lowest BCUT2D eigenvalue weighted by Gasteiger charge is -2.23. The Bertz CT molecular complexity index is 611. The summed E-state index contributed by atoms with van der Waals surface area (Å²) < 4.78 is 0. The van der Waals surface area contributed by atoms with Crippen LogP contribution in [0.4, 0.5) is 5.82 Å². The largest absolute Gasteiger partial charge is 0.355 e. The van der Waals surface area contributed by atoms with E-state index >= 15 is 0 Å². The molecule has 3 rings (SSSR count). The number of nitrogens with one attached hydrogen (secondary N) is 1. The number of pyridine rings is 1. The molecule has 1 aliphatic heterocycles. The predicted molar refractivity (Wildman–Crippen MR) is 88.8 cm³/mol. The molecule has 0 amide bonds. The molecule has 112 valence electrons. The minimum atomic E-state index is 0.879. The fourth-order valence-corrected chi connectivity index (χ4v) is 3.01. The average Bonchev–Trinajstić information content (AvgIpc) is 2.72. The molecule has 4 heteroatoms. The van der Waals surface area contributed by atoms with Crippen molar-refractivity contribution in [1.82, 2.24) is 15.2 Å². The van der Waals surface area contributed by atoms with Gasteiger partial charge in [-0.05, 0) is 44.8 Å². The lowest BCUT2D eigenvalue weighted by molar-refractivity contribution is 0.360. The number of hydrogen-bond acceptors (Lipinski definition) is 4. The van der Waals surface area contributed by atoms with Crippen LogP contribution in [0.15, 0.2) is 30.3 Å². The quantitative estimate of drug-likeness (QED) is 0.935. The molecule has 1 saturated heterocycles. The van der Waals surface area contributed by atoms with Gasteiger partial charge in [-0.15, -0.1) is 0 Å². The molecule has 1 N–H and O–H groups in total. The maximum absolute atomic E-state index is 4.89. The van der Waals surface area contributed by atoms with Crippen molar-refractivity contribution in [2.45, 2.75) is 13.0 Å². The Morgan fingerprint density at radius 3 is 2.86 bits per heavy atom. The number of nitrogens with zero attached hydrogens (tertiary/aromatic N) is 3. The molecule has 0 aliphatic carbocycles. The molecule has 1 aromatic carbocycles. The van der Waals surface area contributed by atoms with E-state index in [0.29, 0.717) is 0 Å². The summed E-state index contributed by atoms with van der Waals surface area (Å²) in [5.74, 6) is 1.12. The summed E-state index contributed by atoms with van der Waals surface area (Å²) in [7, 11) is 4.19. The maximum atomic E-state index is 4.89. The maximum Gasteiger partial charge on any atom is 0.129 e. The molecule has 0 bridgehead atoms. The van der Waals surface area contributed by atoms with Crippen LogP contribution in [0, 0.1) is 0 Å². The number of likely N-dealkylation sites (N-methyl/N-ethyl adjacent to an activating group) is 1. The zero-order chi connectivity index (χ0) is 14.7. The van der Waals surface area contributed by atoms with Gasteiger partial charge >= 0.3 is 0 Å². The molecule has 0 spiro atoms. The highest BCUT2D eigenvalue weighted by Gasteiger charge is 2.15. The van der Waals surface area contributed by atoms with Crippen molar-refractivity contribution in [2.24, 2.45) is 0 Å². The second-order valence-electron chi connectivity index (χ2n) is 5.83. The van der Waals surface area contributed by atoms with Crippen LogP contribution in [0.1, 0.15) is 12.0 Å². The molecule has 1 fully saturated rings. The van der Waals surface area contributed by atoms with E-state index < -0.39 is 0 Å². The smallest absolute Gasteiger partial charge is 0.129 e. The van der Waals surface area contributed by atoms with Crippen LogP contribution in [-0.4, -0.2) is 50.2 Å². The minimum absolute atomic E-state index is 0.879. The standard InChI is InChI=1S/C17H24N4/c1-18-13-14-12-17(19-16-7-4-3-6-15(14)16)21-9-5-8-20(2)10-11-21/h3-4,6-7,12,18H,5,8-11,13H2,1-2H3. The molecule has 1 aliphatic rings. The van der Waals surface area contributed by atoms with E-state index in [1.54, 1.807) is 0 Å². The zero-order valence-corrected chi connectivity index (χ0v) is 13.0. The average molecular weight is 284 g/mol. The Kier molecular flexibility index (Phi) is 4.36. The van der Waals surface area contributed by atoms with E-state index in [0.717, 1.165) is 37.5 Å². The van der Waals surface area contributed by atoms with Crippen LogP contribution >= 0.6 is 0 Å². The van der Waals surface area contributed by atoms with Gasteiger partial charge in [0.05, 0.1) is 5.52 Å². The van der Waals surface area contributed by atoms with Crippen LogP contribution in [0.25, 0.3) is 10.9 Å². The third kappa shape index (κ3) is 3.17. The van der Waals surface area contributed by atoms with Crippen molar-refractivity contribution in [3.63, 3.8) is 0 Å². The van der Waals surface area contributed by atoms with Crippen LogP contribution in [0.5, 0.6) is 0 Å². The van der Waals surface area contributed by atoms with E-state index in [1.807, 2.05) is 7.05 Å². The Balaban J connectivity index is 1.98. The lowest BCUT2D eigenvalue weighted by atomic mass is 10.1. The van der Waals surface area contributed by atoms with Crippen molar-refractivity contribution < 1.29 is 0 Å². The monoisotopic (exact) mass is 284 g/mol. The first-order chi connectivity index (χ1) is 10.3. The number of anilines is 1. The van der Waals surface area contributed by atoms with Crippen molar-refractivity contribution >= 4 is 16.7 Å². The van der Waals surface area contributed by atoms with Gasteiger partial charge < -0.3 is 15.1 Å². The van der Waals surface area contributed by atoms with Crippen LogP contribution < -0.4 is 10.2 Å². The number of hydrogen-bond donors (Lipinski definition) is 1. The van der Waals surface area contributed by atoms with Crippen molar-refractivity contribution in [3.05, 3.63) is 35.9 Å². The van der Waals surface area contributed by atoms with Gasteiger partial charge in [-0.2, -0.15) is 0 Å². The summed E-state index contributed by atoms with van der Waals surface area (Å²) in [6.07, 6.45) is 1.20. The molecule has 0 radical (unpaired) electrons. The summed E-state index contributed by atoms with van der Waals surface area (Å²) in [5, 5.41) is 4.52. The summed E-state index contributed by atoms with van der Waals surface area (Å²) in [6, 6.07) is 10.7. The van der Waals surface area contributed by atoms with E-state index in [1.165, 1.54) is 23.9 Å². The summed E-state index contributed by atoms with van der Waals surface area (Å²) in [6.45, 7) is 5.31. The van der Waals surface area contributed by atoms with Gasteiger partial charge in [0.2, 0.25) is 0 Å². The van der Waals surface area contributed by atoms with Gasteiger partial charge in [-0.3, -0.25) is 0 Å². The van der Waals surface area contributed by atoms with Crippen molar-refractivity contribution in [2.75, 3.05) is 45.2 Å². The Morgan fingerprint density at radius 1 is 1.14 bits per heavy atom. The third-order valence-corrected chi connectivity index (χ3v) is 4.20. The number of fused-ring (bicyclic) bond motifs is 1. The molecular formula is C17H24N4. The van der Waals surface area contributed by atoms with Crippen LogP contribution in [0.3, 0.4) is 0 Å². The molecule has 0 atom stereocenters. The second kappa shape index (κ2) is 6.41. The Labute approximate surface area is 126 Å². The predicted octanol–water partition coefficient (Wildman–Crippen LogP) is 2.10. The Hall–Kier alpha value is -1.65. The molecule has 0 unspecified atom stereocenters. The minimum Gasteiger partial charge on any atom is -0.355 e. The molecular weight excluding hydrogens is 260 g/mol. The van der Waals surface area contributed by atoms with Crippen LogP contribution in [0.2, 0.25) is 0 Å². The summed E-state index contributed by atoms with van der Waals surface area (Å²) in [4.78, 5) is 9.71. The molecule has 21 heavy (non-hydrogen) atoms. The fraction of sp³-hybridized carbons (Fsp3) is 0.471. The van der Waals surface area contributed by atoms with E-state index in [4.69, 9.17) is 4.98 Å². The molecule has 2 heterocycles. The van der Waals surface area contributed by atoms with E-state index in [2.05, 4.69) is 52.5 Å². The molecule has 1 aromatic heterocycles. The third-order valence-electron chi connectivity index (χ3n) is 4.20. The normalized spacial score (nSPS) is 17.1. The summed E-state index contributed by atoms with van der Waals surface area (Å²) in [5.41, 5.74) is 2.42. The van der Waals surface area contributed by atoms with Crippen molar-refractivity contribution in [3.8, 4) is 0 Å². The van der Waals surface area contributed by atoms with Gasteiger partial charge in [0.25, 0.3) is 0 Å². The van der Waals surface area contributed by atoms with Gasteiger partial charge in [-0.1, -0.05) is 18.2 Å². The van der Waals surface area contributed by atoms with E-state index in [9.17, 15) is 0 Å². The van der Waals surface area contributed by atoms with Gasteiger partial charge in [-0.25, -0.2) is 4.98 Å². The SMILES string of the molecule is CNCc1cc(N2CCCN(C)CC2)nc2ccccc12. The molecule has 2 aromatic rings. The number of benzene rings is 1. The van der Waals surface area contributed by atoms with Crippen LogP contribution in [-0.2, 0) is 6.54 Å². The zero-order valence-electron chi connectivity index (χ0n) is 13.0. The van der Waals surface area contributed by atoms with Crippen molar-refractivity contribution in [1.29, 1.82) is 0 Å². The van der Waals surface area contributed by atoms with Gasteiger partial charge in [0, 0.05) is 31.6 Å². The topological polar surface area (TPSA) is 31.4 Å². The fourth-order valence-electron chi connectivity index (χ4n) is 3.01. The first kappa shape index (κ1) is 14.3. The van der Waals surface area contributed by atoms with Gasteiger partial charge in [0.1, 0.15) is 5.82 Å². The Morgan fingerprint density at radius 2 is 2.00 bits per heavy atom. The summed E-state index contributed by atoms with van der Waals surface area (Å²) >= 11 is 0.